The summed E-state index contributed by atoms with van der Waals surface area (Å²) in [6, 6.07) is 6.94. The number of nitrogens with zero attached hydrogens (tertiary/aromatic N) is 1. The molecule has 1 aromatic carbocycles. The third-order valence-corrected chi connectivity index (χ3v) is 4.96. The molecule has 1 fully saturated rings. The van der Waals surface area contributed by atoms with E-state index in [4.69, 9.17) is 0 Å². The maximum Gasteiger partial charge on any atom is 0.311 e. The average molecular weight is 293 g/mol. The van der Waals surface area contributed by atoms with E-state index in [2.05, 4.69) is 4.90 Å². The van der Waals surface area contributed by atoms with Crippen LogP contribution in [-0.4, -0.2) is 35.1 Å². The second kappa shape index (κ2) is 6.14. The Morgan fingerprint density at radius 1 is 1.38 bits per heavy atom. The van der Waals surface area contributed by atoms with Gasteiger partial charge >= 0.3 is 5.97 Å². The van der Waals surface area contributed by atoms with Crippen LogP contribution in [0.1, 0.15) is 32.8 Å². The van der Waals surface area contributed by atoms with Gasteiger partial charge in [0.05, 0.1) is 5.41 Å². The van der Waals surface area contributed by atoms with Crippen LogP contribution < -0.4 is 0 Å². The number of carboxylic acids is 1. The van der Waals surface area contributed by atoms with Gasteiger partial charge in [-0.2, -0.15) is 0 Å². The van der Waals surface area contributed by atoms with Crippen LogP contribution in [0.15, 0.2) is 24.3 Å². The Kier molecular flexibility index (Phi) is 4.67. The summed E-state index contributed by atoms with van der Waals surface area (Å²) in [7, 11) is 0. The summed E-state index contributed by atoms with van der Waals surface area (Å²) >= 11 is 0. The molecule has 4 heteroatoms. The van der Waals surface area contributed by atoms with E-state index in [-0.39, 0.29) is 17.8 Å². The number of likely N-dealkylation sites (tertiary alicyclic amines) is 1. The zero-order valence-electron chi connectivity index (χ0n) is 13.0. The second-order valence-corrected chi connectivity index (χ2v) is 6.48. The molecule has 1 aliphatic rings. The highest BCUT2D eigenvalue weighted by molar-refractivity contribution is 5.75. The number of hydrogen-bond acceptors (Lipinski definition) is 2. The van der Waals surface area contributed by atoms with Crippen molar-refractivity contribution in [1.29, 1.82) is 0 Å². The molecule has 2 atom stereocenters. The Bertz CT molecular complexity index is 517. The lowest BCUT2D eigenvalue weighted by atomic mass is 9.76. The fourth-order valence-corrected chi connectivity index (χ4v) is 3.24. The molecule has 21 heavy (non-hydrogen) atoms. The molecule has 1 N–H and O–H groups in total. The molecule has 0 radical (unpaired) electrons. The van der Waals surface area contributed by atoms with Crippen molar-refractivity contribution in [3.05, 3.63) is 35.6 Å². The second-order valence-electron chi connectivity index (χ2n) is 6.48. The van der Waals surface area contributed by atoms with Crippen molar-refractivity contribution in [1.82, 2.24) is 4.90 Å². The minimum atomic E-state index is -0.710. The molecule has 0 amide bonds. The quantitative estimate of drug-likeness (QED) is 0.906. The Labute approximate surface area is 125 Å². The lowest BCUT2D eigenvalue weighted by molar-refractivity contribution is -0.151. The summed E-state index contributed by atoms with van der Waals surface area (Å²) in [6.45, 7) is 7.30. The predicted molar refractivity (Wildman–Crippen MR) is 80.7 cm³/mol. The molecule has 1 aromatic rings. The van der Waals surface area contributed by atoms with Gasteiger partial charge in [0.1, 0.15) is 5.82 Å². The normalized spacial score (nSPS) is 24.4. The lowest BCUT2D eigenvalue weighted by Crippen LogP contribution is -2.41. The molecule has 3 nitrogen and oxygen atoms in total. The SMILES string of the molecule is CC(Cc1ccccc1F)N1CCC(C(=O)O)(C(C)C)C1. The maximum atomic E-state index is 13.7. The average Bonchev–Trinajstić information content (AvgIpc) is 2.88. The molecule has 0 aromatic heterocycles. The summed E-state index contributed by atoms with van der Waals surface area (Å²) in [6.07, 6.45) is 1.28. The number of carboxylic acid groups (broad SMARTS) is 1. The molecule has 2 rings (SSSR count). The van der Waals surface area contributed by atoms with Gasteiger partial charge in [0.2, 0.25) is 0 Å². The fraction of sp³-hybridized carbons (Fsp3) is 0.588. The van der Waals surface area contributed by atoms with Gasteiger partial charge in [-0.15, -0.1) is 0 Å². The maximum absolute atomic E-state index is 13.7. The van der Waals surface area contributed by atoms with Crippen LogP contribution in [0.5, 0.6) is 0 Å². The summed E-state index contributed by atoms with van der Waals surface area (Å²) in [5.74, 6) is -0.796. The minimum Gasteiger partial charge on any atom is -0.481 e. The van der Waals surface area contributed by atoms with Gasteiger partial charge in [-0.05, 0) is 43.9 Å². The smallest absolute Gasteiger partial charge is 0.311 e. The first kappa shape index (κ1) is 16.0. The minimum absolute atomic E-state index is 0.0978. The van der Waals surface area contributed by atoms with E-state index in [1.54, 1.807) is 12.1 Å². The van der Waals surface area contributed by atoms with Gasteiger partial charge < -0.3 is 5.11 Å². The van der Waals surface area contributed by atoms with Crippen LogP contribution >= 0.6 is 0 Å². The largest absolute Gasteiger partial charge is 0.481 e. The number of benzene rings is 1. The van der Waals surface area contributed by atoms with E-state index in [1.807, 2.05) is 26.8 Å². The number of aliphatic carboxylic acids is 1. The topological polar surface area (TPSA) is 40.5 Å². The summed E-state index contributed by atoms with van der Waals surface area (Å²) < 4.78 is 13.7. The third-order valence-electron chi connectivity index (χ3n) is 4.96. The van der Waals surface area contributed by atoms with Gasteiger partial charge in [0.15, 0.2) is 0 Å². The molecule has 0 spiro atoms. The highest BCUT2D eigenvalue weighted by Gasteiger charge is 2.47. The molecular weight excluding hydrogens is 269 g/mol. The zero-order valence-corrected chi connectivity index (χ0v) is 13.0. The van der Waals surface area contributed by atoms with E-state index in [9.17, 15) is 14.3 Å². The van der Waals surface area contributed by atoms with Gasteiger partial charge in [0.25, 0.3) is 0 Å². The number of carbonyl (C=O) groups is 1. The molecule has 2 unspecified atom stereocenters. The summed E-state index contributed by atoms with van der Waals surface area (Å²) in [5.41, 5.74) is 0.0334. The molecule has 0 aliphatic carbocycles. The Morgan fingerprint density at radius 3 is 2.57 bits per heavy atom. The van der Waals surface area contributed by atoms with Gasteiger partial charge in [-0.25, -0.2) is 4.39 Å². The number of halogens is 1. The first-order chi connectivity index (χ1) is 9.86. The van der Waals surface area contributed by atoms with Crippen LogP contribution in [-0.2, 0) is 11.2 Å². The molecule has 0 saturated carbocycles. The molecule has 1 saturated heterocycles. The standard InChI is InChI=1S/C17H24FNO2/c1-12(2)17(16(20)21)8-9-19(11-17)13(3)10-14-6-4-5-7-15(14)18/h4-7,12-13H,8-11H2,1-3H3,(H,20,21). The van der Waals surface area contributed by atoms with Crippen molar-refractivity contribution in [2.24, 2.45) is 11.3 Å². The molecular formula is C17H24FNO2. The Balaban J connectivity index is 2.07. The summed E-state index contributed by atoms with van der Waals surface area (Å²) in [4.78, 5) is 13.8. The first-order valence-electron chi connectivity index (χ1n) is 7.57. The van der Waals surface area contributed by atoms with Gasteiger partial charge in [-0.3, -0.25) is 9.69 Å². The van der Waals surface area contributed by atoms with Crippen molar-refractivity contribution in [3.8, 4) is 0 Å². The Morgan fingerprint density at radius 2 is 2.05 bits per heavy atom. The van der Waals surface area contributed by atoms with E-state index in [0.717, 1.165) is 6.54 Å². The van der Waals surface area contributed by atoms with Crippen LogP contribution in [0.25, 0.3) is 0 Å². The fourth-order valence-electron chi connectivity index (χ4n) is 3.24. The lowest BCUT2D eigenvalue weighted by Gasteiger charge is -2.31. The van der Waals surface area contributed by atoms with Gasteiger partial charge in [0, 0.05) is 12.6 Å². The molecule has 116 valence electrons. The highest BCUT2D eigenvalue weighted by atomic mass is 19.1. The van der Waals surface area contributed by atoms with Crippen LogP contribution in [0, 0.1) is 17.2 Å². The van der Waals surface area contributed by atoms with E-state index < -0.39 is 11.4 Å². The molecule has 0 bridgehead atoms. The Hall–Kier alpha value is -1.42. The van der Waals surface area contributed by atoms with Gasteiger partial charge in [-0.1, -0.05) is 32.0 Å². The molecule has 1 heterocycles. The van der Waals surface area contributed by atoms with Crippen LogP contribution in [0.3, 0.4) is 0 Å². The predicted octanol–water partition coefficient (Wildman–Crippen LogP) is 3.19. The monoisotopic (exact) mass is 293 g/mol. The van der Waals surface area contributed by atoms with Crippen molar-refractivity contribution in [2.75, 3.05) is 13.1 Å². The molecule has 1 aliphatic heterocycles. The number of hydrogen-bond donors (Lipinski definition) is 1. The zero-order chi connectivity index (χ0) is 15.6. The van der Waals surface area contributed by atoms with E-state index in [0.29, 0.717) is 24.9 Å². The van der Waals surface area contributed by atoms with Crippen LogP contribution in [0.4, 0.5) is 4.39 Å². The highest BCUT2D eigenvalue weighted by Crippen LogP contribution is 2.39. The van der Waals surface area contributed by atoms with E-state index >= 15 is 0 Å². The third kappa shape index (κ3) is 3.10. The van der Waals surface area contributed by atoms with Crippen molar-refractivity contribution in [2.45, 2.75) is 39.7 Å². The van der Waals surface area contributed by atoms with E-state index in [1.165, 1.54) is 6.07 Å². The van der Waals surface area contributed by atoms with Crippen molar-refractivity contribution in [3.63, 3.8) is 0 Å². The van der Waals surface area contributed by atoms with Crippen molar-refractivity contribution >= 4 is 5.97 Å². The van der Waals surface area contributed by atoms with Crippen molar-refractivity contribution < 1.29 is 14.3 Å². The first-order valence-corrected chi connectivity index (χ1v) is 7.57. The summed E-state index contributed by atoms with van der Waals surface area (Å²) in [5, 5.41) is 9.58. The van der Waals surface area contributed by atoms with Crippen LogP contribution in [0.2, 0.25) is 0 Å². The number of rotatable bonds is 5.